The molecule has 23 heavy (non-hydrogen) atoms. The molecular weight excluding hydrogens is 288 g/mol. The molecule has 2 aromatic rings. The maximum Gasteiger partial charge on any atom is 0.227 e. The van der Waals surface area contributed by atoms with E-state index >= 15 is 0 Å². The van der Waals surface area contributed by atoms with Crippen LogP contribution < -0.4 is 10.2 Å². The van der Waals surface area contributed by atoms with Gasteiger partial charge in [-0.2, -0.15) is 0 Å². The second kappa shape index (κ2) is 7.29. The van der Waals surface area contributed by atoms with Gasteiger partial charge in [-0.1, -0.05) is 18.2 Å². The molecule has 1 heterocycles. The number of hydrogen-bond donors (Lipinski definition) is 1. The van der Waals surface area contributed by atoms with Gasteiger partial charge in [-0.3, -0.25) is 4.79 Å². The van der Waals surface area contributed by atoms with Gasteiger partial charge in [0, 0.05) is 43.2 Å². The number of anilines is 3. The molecule has 0 bridgehead atoms. The van der Waals surface area contributed by atoms with Crippen LogP contribution in [0.15, 0.2) is 54.6 Å². The summed E-state index contributed by atoms with van der Waals surface area (Å²) in [7, 11) is 2.03. The van der Waals surface area contributed by atoms with E-state index in [2.05, 4.69) is 22.3 Å². The number of nitrogens with zero attached hydrogens (tertiary/aromatic N) is 1. The van der Waals surface area contributed by atoms with Crippen LogP contribution in [0.5, 0.6) is 0 Å². The lowest BCUT2D eigenvalue weighted by Gasteiger charge is -2.22. The number of ether oxygens (including phenoxy) is 1. The van der Waals surface area contributed by atoms with Gasteiger partial charge in [-0.15, -0.1) is 0 Å². The third-order valence-electron chi connectivity index (χ3n) is 4.26. The van der Waals surface area contributed by atoms with Crippen molar-refractivity contribution in [2.75, 3.05) is 30.5 Å². The van der Waals surface area contributed by atoms with E-state index in [0.717, 1.165) is 29.9 Å². The molecule has 1 aliphatic rings. The quantitative estimate of drug-likeness (QED) is 0.933. The first kappa shape index (κ1) is 15.6. The smallest absolute Gasteiger partial charge is 0.227 e. The van der Waals surface area contributed by atoms with Crippen molar-refractivity contribution in [2.24, 2.45) is 5.92 Å². The van der Waals surface area contributed by atoms with E-state index in [1.807, 2.05) is 49.5 Å². The first-order chi connectivity index (χ1) is 11.2. The lowest BCUT2D eigenvalue weighted by molar-refractivity contribution is -0.122. The van der Waals surface area contributed by atoms with Gasteiger partial charge in [0.1, 0.15) is 0 Å². The van der Waals surface area contributed by atoms with Crippen molar-refractivity contribution in [3.05, 3.63) is 54.6 Å². The van der Waals surface area contributed by atoms with Gasteiger partial charge in [0.05, 0.1) is 0 Å². The van der Waals surface area contributed by atoms with Gasteiger partial charge in [0.2, 0.25) is 5.91 Å². The van der Waals surface area contributed by atoms with Crippen molar-refractivity contribution in [2.45, 2.75) is 12.8 Å². The minimum atomic E-state index is 0.0652. The van der Waals surface area contributed by atoms with Crippen LogP contribution in [-0.4, -0.2) is 26.2 Å². The number of rotatable bonds is 4. The number of amides is 1. The molecule has 0 saturated carbocycles. The van der Waals surface area contributed by atoms with Crippen LogP contribution in [0.25, 0.3) is 0 Å². The molecule has 0 aromatic heterocycles. The van der Waals surface area contributed by atoms with Gasteiger partial charge >= 0.3 is 0 Å². The van der Waals surface area contributed by atoms with Crippen LogP contribution >= 0.6 is 0 Å². The third-order valence-corrected chi connectivity index (χ3v) is 4.26. The first-order valence-corrected chi connectivity index (χ1v) is 8.01. The van der Waals surface area contributed by atoms with Crippen molar-refractivity contribution in [3.63, 3.8) is 0 Å². The fourth-order valence-corrected chi connectivity index (χ4v) is 2.77. The van der Waals surface area contributed by atoms with Crippen LogP contribution in [0.3, 0.4) is 0 Å². The molecule has 0 spiro atoms. The summed E-state index contributed by atoms with van der Waals surface area (Å²) in [6, 6.07) is 18.1. The van der Waals surface area contributed by atoms with Crippen molar-refractivity contribution < 1.29 is 9.53 Å². The van der Waals surface area contributed by atoms with Crippen molar-refractivity contribution in [3.8, 4) is 0 Å². The molecule has 0 unspecified atom stereocenters. The number of para-hydroxylation sites is 1. The highest BCUT2D eigenvalue weighted by Gasteiger charge is 2.21. The average molecular weight is 310 g/mol. The molecule has 2 aromatic carbocycles. The average Bonchev–Trinajstić information content (AvgIpc) is 2.63. The van der Waals surface area contributed by atoms with E-state index in [1.165, 1.54) is 0 Å². The Morgan fingerprint density at radius 2 is 1.61 bits per heavy atom. The molecule has 0 atom stereocenters. The zero-order valence-electron chi connectivity index (χ0n) is 13.4. The standard InChI is InChI=1S/C19H22N2O2/c1-21(17-5-3-2-4-6-17)18-9-7-16(8-10-18)20-19(22)15-11-13-23-14-12-15/h2-10,15H,11-14H2,1H3,(H,20,22). The fourth-order valence-electron chi connectivity index (χ4n) is 2.77. The van der Waals surface area contributed by atoms with Crippen LogP contribution in [0.4, 0.5) is 17.1 Å². The summed E-state index contributed by atoms with van der Waals surface area (Å²) in [6.45, 7) is 1.36. The van der Waals surface area contributed by atoms with Gasteiger partial charge in [-0.05, 0) is 49.2 Å². The molecule has 120 valence electrons. The molecule has 1 saturated heterocycles. The molecule has 1 aliphatic heterocycles. The van der Waals surface area contributed by atoms with Gasteiger partial charge in [0.15, 0.2) is 0 Å². The van der Waals surface area contributed by atoms with Crippen molar-refractivity contribution >= 4 is 23.0 Å². The highest BCUT2D eigenvalue weighted by atomic mass is 16.5. The van der Waals surface area contributed by atoms with Crippen molar-refractivity contribution in [1.29, 1.82) is 0 Å². The molecule has 1 N–H and O–H groups in total. The van der Waals surface area contributed by atoms with E-state index in [9.17, 15) is 4.79 Å². The maximum atomic E-state index is 12.2. The number of carbonyl (C=O) groups is 1. The molecule has 4 nitrogen and oxygen atoms in total. The van der Waals surface area contributed by atoms with E-state index < -0.39 is 0 Å². The predicted molar refractivity (Wildman–Crippen MR) is 93.1 cm³/mol. The second-order valence-electron chi connectivity index (χ2n) is 5.82. The molecule has 4 heteroatoms. The Kier molecular flexibility index (Phi) is 4.93. The number of hydrogen-bond acceptors (Lipinski definition) is 3. The van der Waals surface area contributed by atoms with Crippen LogP contribution in [0, 0.1) is 5.92 Å². The Hall–Kier alpha value is -2.33. The lowest BCUT2D eigenvalue weighted by atomic mass is 9.99. The molecule has 1 amide bonds. The molecular formula is C19H22N2O2. The minimum absolute atomic E-state index is 0.0652. The van der Waals surface area contributed by atoms with Crippen LogP contribution in [0.1, 0.15) is 12.8 Å². The minimum Gasteiger partial charge on any atom is -0.381 e. The first-order valence-electron chi connectivity index (χ1n) is 8.01. The Bertz CT molecular complexity index is 634. The molecule has 0 radical (unpaired) electrons. The monoisotopic (exact) mass is 310 g/mol. The summed E-state index contributed by atoms with van der Waals surface area (Å²) in [5, 5.41) is 3.00. The summed E-state index contributed by atoms with van der Waals surface area (Å²) in [5.41, 5.74) is 3.05. The van der Waals surface area contributed by atoms with Gasteiger partial charge in [-0.25, -0.2) is 0 Å². The summed E-state index contributed by atoms with van der Waals surface area (Å²) in [5.74, 6) is 0.160. The van der Waals surface area contributed by atoms with E-state index in [1.54, 1.807) is 0 Å². The molecule has 1 fully saturated rings. The van der Waals surface area contributed by atoms with Gasteiger partial charge in [0.25, 0.3) is 0 Å². The SMILES string of the molecule is CN(c1ccccc1)c1ccc(NC(=O)C2CCOCC2)cc1. The number of nitrogens with one attached hydrogen (secondary N) is 1. The third kappa shape index (κ3) is 3.90. The van der Waals surface area contributed by atoms with Crippen LogP contribution in [-0.2, 0) is 9.53 Å². The van der Waals surface area contributed by atoms with E-state index in [4.69, 9.17) is 4.74 Å². The highest BCUT2D eigenvalue weighted by molar-refractivity contribution is 5.92. The predicted octanol–water partition coefficient (Wildman–Crippen LogP) is 3.82. The Morgan fingerprint density at radius 1 is 1.00 bits per heavy atom. The van der Waals surface area contributed by atoms with Crippen molar-refractivity contribution in [1.82, 2.24) is 0 Å². The summed E-state index contributed by atoms with van der Waals surface area (Å²) in [6.07, 6.45) is 1.61. The number of carbonyl (C=O) groups excluding carboxylic acids is 1. The lowest BCUT2D eigenvalue weighted by Crippen LogP contribution is -2.28. The summed E-state index contributed by atoms with van der Waals surface area (Å²) >= 11 is 0. The fraction of sp³-hybridized carbons (Fsp3) is 0.316. The zero-order valence-corrected chi connectivity index (χ0v) is 13.4. The normalized spacial score (nSPS) is 15.2. The largest absolute Gasteiger partial charge is 0.381 e. The topological polar surface area (TPSA) is 41.6 Å². The second-order valence-corrected chi connectivity index (χ2v) is 5.82. The summed E-state index contributed by atoms with van der Waals surface area (Å²) < 4.78 is 5.30. The Labute approximate surface area is 137 Å². The maximum absolute atomic E-state index is 12.2. The zero-order chi connectivity index (χ0) is 16.1. The van der Waals surface area contributed by atoms with Crippen LogP contribution in [0.2, 0.25) is 0 Å². The molecule has 0 aliphatic carbocycles. The number of benzene rings is 2. The molecule has 3 rings (SSSR count). The van der Waals surface area contributed by atoms with E-state index in [0.29, 0.717) is 13.2 Å². The Morgan fingerprint density at radius 3 is 2.26 bits per heavy atom. The Balaban J connectivity index is 1.64. The highest BCUT2D eigenvalue weighted by Crippen LogP contribution is 2.25. The van der Waals surface area contributed by atoms with Gasteiger partial charge < -0.3 is 15.0 Å². The summed E-state index contributed by atoms with van der Waals surface area (Å²) in [4.78, 5) is 14.3. The van der Waals surface area contributed by atoms with E-state index in [-0.39, 0.29) is 11.8 Å².